The van der Waals surface area contributed by atoms with Gasteiger partial charge in [0.25, 0.3) is 5.91 Å². The van der Waals surface area contributed by atoms with Crippen molar-refractivity contribution in [1.29, 1.82) is 0 Å². The Kier molecular flexibility index (Phi) is 6.58. The number of hydrogen-bond donors (Lipinski definition) is 1. The predicted molar refractivity (Wildman–Crippen MR) is 118 cm³/mol. The average molecular weight is 439 g/mol. The van der Waals surface area contributed by atoms with Crippen LogP contribution in [-0.2, 0) is 12.0 Å². The molecule has 1 atom stereocenters. The molecule has 1 aliphatic rings. The molecular weight excluding hydrogens is 412 g/mol. The Morgan fingerprint density at radius 3 is 2.84 bits per heavy atom. The highest BCUT2D eigenvalue weighted by Gasteiger charge is 2.36. The van der Waals surface area contributed by atoms with Gasteiger partial charge in [-0.1, -0.05) is 18.2 Å². The minimum absolute atomic E-state index is 0.147. The van der Waals surface area contributed by atoms with E-state index in [1.54, 1.807) is 22.4 Å². The summed E-state index contributed by atoms with van der Waals surface area (Å²) in [5.41, 5.74) is 0.242. The zero-order valence-corrected chi connectivity index (χ0v) is 18.3. The van der Waals surface area contributed by atoms with Gasteiger partial charge in [-0.15, -0.1) is 11.3 Å². The summed E-state index contributed by atoms with van der Waals surface area (Å²) < 4.78 is 5.81. The van der Waals surface area contributed by atoms with Gasteiger partial charge in [-0.25, -0.2) is 9.97 Å². The summed E-state index contributed by atoms with van der Waals surface area (Å²) in [5.74, 6) is 0.701. The van der Waals surface area contributed by atoms with Crippen LogP contribution in [-0.4, -0.2) is 50.6 Å². The van der Waals surface area contributed by atoms with Gasteiger partial charge in [0.05, 0.1) is 18.5 Å². The number of carbonyl (C=O) groups is 1. The van der Waals surface area contributed by atoms with Crippen LogP contribution < -0.4 is 4.74 Å². The first-order chi connectivity index (χ1) is 15.0. The zero-order chi connectivity index (χ0) is 21.7. The topological polar surface area (TPSA) is 88.4 Å². The van der Waals surface area contributed by atoms with E-state index in [1.807, 2.05) is 37.3 Å². The maximum absolute atomic E-state index is 12.7. The van der Waals surface area contributed by atoms with E-state index in [0.29, 0.717) is 44.7 Å². The molecule has 162 valence electrons. The second-order valence-corrected chi connectivity index (χ2v) is 8.79. The summed E-state index contributed by atoms with van der Waals surface area (Å²) in [6.45, 7) is 3.57. The number of likely N-dealkylation sites (tertiary alicyclic amines) is 1. The summed E-state index contributed by atoms with van der Waals surface area (Å²) >= 11 is 1.55. The number of nitrogens with zero attached hydrogens (tertiary/aromatic N) is 4. The molecular formula is C23H26N4O3S. The first-order valence-electron chi connectivity index (χ1n) is 10.5. The lowest BCUT2D eigenvalue weighted by molar-refractivity contribution is 0.0209. The first-order valence-corrected chi connectivity index (χ1v) is 11.3. The number of amides is 1. The van der Waals surface area contributed by atoms with Gasteiger partial charge in [-0.2, -0.15) is 0 Å². The highest BCUT2D eigenvalue weighted by molar-refractivity contribution is 7.11. The van der Waals surface area contributed by atoms with Crippen LogP contribution in [0.4, 0.5) is 0 Å². The Hall–Kier alpha value is -2.84. The number of thiazole rings is 1. The Morgan fingerprint density at radius 1 is 1.23 bits per heavy atom. The lowest BCUT2D eigenvalue weighted by Gasteiger charge is -2.24. The van der Waals surface area contributed by atoms with E-state index < -0.39 is 5.60 Å². The fourth-order valence-electron chi connectivity index (χ4n) is 3.74. The third kappa shape index (κ3) is 5.08. The van der Waals surface area contributed by atoms with Crippen molar-refractivity contribution in [3.8, 4) is 5.75 Å². The molecule has 3 heterocycles. The van der Waals surface area contributed by atoms with Crippen molar-refractivity contribution in [2.75, 3.05) is 19.7 Å². The van der Waals surface area contributed by atoms with E-state index in [1.165, 1.54) is 12.4 Å². The maximum atomic E-state index is 12.7. The normalized spacial score (nSPS) is 19.1. The predicted octanol–water partition coefficient (Wildman–Crippen LogP) is 3.38. The van der Waals surface area contributed by atoms with E-state index in [2.05, 4.69) is 15.0 Å². The molecule has 1 aromatic carbocycles. The van der Waals surface area contributed by atoms with Crippen molar-refractivity contribution in [2.24, 2.45) is 0 Å². The number of aromatic nitrogens is 3. The lowest BCUT2D eigenvalue weighted by Crippen LogP contribution is -2.34. The van der Waals surface area contributed by atoms with Crippen molar-refractivity contribution >= 4 is 17.2 Å². The minimum Gasteiger partial charge on any atom is -0.493 e. The molecule has 31 heavy (non-hydrogen) atoms. The van der Waals surface area contributed by atoms with Gasteiger partial charge in [0.15, 0.2) is 0 Å². The van der Waals surface area contributed by atoms with Gasteiger partial charge in [-0.3, -0.25) is 9.78 Å². The quantitative estimate of drug-likeness (QED) is 0.635. The Labute approximate surface area is 185 Å². The summed E-state index contributed by atoms with van der Waals surface area (Å²) in [4.78, 5) is 28.3. The average Bonchev–Trinajstić information content (AvgIpc) is 3.06. The highest BCUT2D eigenvalue weighted by Crippen LogP contribution is 2.36. The molecule has 1 unspecified atom stereocenters. The van der Waals surface area contributed by atoms with Crippen molar-refractivity contribution in [3.63, 3.8) is 0 Å². The minimum atomic E-state index is -1.02. The molecule has 1 aliphatic heterocycles. The maximum Gasteiger partial charge on any atom is 0.274 e. The van der Waals surface area contributed by atoms with Crippen LogP contribution in [0.5, 0.6) is 5.75 Å². The lowest BCUT2D eigenvalue weighted by atomic mass is 9.96. The monoisotopic (exact) mass is 438 g/mol. The van der Waals surface area contributed by atoms with Crippen molar-refractivity contribution < 1.29 is 14.6 Å². The second kappa shape index (κ2) is 9.53. The number of carbonyl (C=O) groups excluding carboxylic acids is 1. The highest BCUT2D eigenvalue weighted by atomic mass is 32.1. The van der Waals surface area contributed by atoms with E-state index in [0.717, 1.165) is 27.7 Å². The summed E-state index contributed by atoms with van der Waals surface area (Å²) in [6.07, 6.45) is 7.01. The van der Waals surface area contributed by atoms with Crippen LogP contribution in [0, 0.1) is 6.92 Å². The Morgan fingerprint density at radius 2 is 2.06 bits per heavy atom. The molecule has 2 aromatic heterocycles. The number of ether oxygens (including phenoxy) is 1. The molecule has 0 saturated carbocycles. The standard InChI is InChI=1S/C23H26N4O3S/c1-17-20(8-15-30-18-6-3-2-4-7-18)31-22(26-17)23(29)9-5-13-27(14-10-23)21(28)19-16-24-11-12-25-19/h2-4,6-7,11-12,16,29H,5,8-10,13-15H2,1H3. The number of aliphatic hydroxyl groups is 1. The molecule has 7 nitrogen and oxygen atoms in total. The van der Waals surface area contributed by atoms with E-state index >= 15 is 0 Å². The van der Waals surface area contributed by atoms with Crippen LogP contribution in [0.2, 0.25) is 0 Å². The van der Waals surface area contributed by atoms with Crippen molar-refractivity contribution in [1.82, 2.24) is 19.9 Å². The third-order valence-corrected chi connectivity index (χ3v) is 6.93. The number of aryl methyl sites for hydroxylation is 1. The molecule has 1 amide bonds. The zero-order valence-electron chi connectivity index (χ0n) is 17.5. The second-order valence-electron chi connectivity index (χ2n) is 7.71. The summed E-state index contributed by atoms with van der Waals surface area (Å²) in [5, 5.41) is 12.1. The molecule has 0 aliphatic carbocycles. The molecule has 1 N–H and O–H groups in total. The van der Waals surface area contributed by atoms with Gasteiger partial charge in [0, 0.05) is 43.2 Å². The third-order valence-electron chi connectivity index (χ3n) is 5.52. The van der Waals surface area contributed by atoms with Crippen LogP contribution in [0.3, 0.4) is 0 Å². The SMILES string of the molecule is Cc1nc(C2(O)CCCN(C(=O)c3cnccn3)CC2)sc1CCOc1ccccc1. The van der Waals surface area contributed by atoms with Gasteiger partial charge in [0.2, 0.25) is 0 Å². The Balaban J connectivity index is 1.39. The fraction of sp³-hybridized carbons (Fsp3) is 0.391. The van der Waals surface area contributed by atoms with E-state index in [4.69, 9.17) is 4.74 Å². The molecule has 8 heteroatoms. The number of hydrogen-bond acceptors (Lipinski definition) is 7. The van der Waals surface area contributed by atoms with Gasteiger partial charge in [0.1, 0.15) is 22.1 Å². The largest absolute Gasteiger partial charge is 0.493 e. The van der Waals surface area contributed by atoms with Gasteiger partial charge in [-0.05, 0) is 31.9 Å². The Bertz CT molecular complexity index is 1010. The molecule has 0 radical (unpaired) electrons. The van der Waals surface area contributed by atoms with Crippen LogP contribution in [0.1, 0.15) is 45.3 Å². The summed E-state index contributed by atoms with van der Waals surface area (Å²) in [6, 6.07) is 9.74. The number of rotatable bonds is 6. The number of benzene rings is 1. The van der Waals surface area contributed by atoms with Crippen LogP contribution >= 0.6 is 11.3 Å². The van der Waals surface area contributed by atoms with Crippen molar-refractivity contribution in [3.05, 3.63) is 70.2 Å². The fourth-order valence-corrected chi connectivity index (χ4v) is 4.93. The molecule has 0 bridgehead atoms. The molecule has 1 fully saturated rings. The summed E-state index contributed by atoms with van der Waals surface area (Å²) in [7, 11) is 0. The number of para-hydroxylation sites is 1. The van der Waals surface area contributed by atoms with Gasteiger partial charge >= 0.3 is 0 Å². The molecule has 4 rings (SSSR count). The van der Waals surface area contributed by atoms with E-state index in [-0.39, 0.29) is 5.91 Å². The van der Waals surface area contributed by atoms with Gasteiger partial charge < -0.3 is 14.7 Å². The molecule has 3 aromatic rings. The first kappa shape index (κ1) is 21.4. The van der Waals surface area contributed by atoms with Crippen LogP contribution in [0.25, 0.3) is 0 Å². The van der Waals surface area contributed by atoms with Crippen molar-refractivity contribution in [2.45, 2.75) is 38.2 Å². The molecule has 0 spiro atoms. The van der Waals surface area contributed by atoms with Crippen LogP contribution in [0.15, 0.2) is 48.9 Å². The smallest absolute Gasteiger partial charge is 0.274 e. The molecule has 1 saturated heterocycles. The van der Waals surface area contributed by atoms with E-state index in [9.17, 15) is 9.90 Å².